The highest BCUT2D eigenvalue weighted by atomic mass is 16.7. The lowest BCUT2D eigenvalue weighted by atomic mass is 10.1. The normalized spacial score (nSPS) is 16.6. The first-order valence-corrected chi connectivity index (χ1v) is 4.66. The molecule has 0 spiro atoms. The third kappa shape index (κ3) is 3.62. The number of hydrogen-bond donors (Lipinski definition) is 2. The molecule has 0 saturated heterocycles. The number of ether oxygens (including phenoxy) is 2. The fraction of sp³-hybridized carbons (Fsp3) is 0.700. The van der Waals surface area contributed by atoms with Crippen molar-refractivity contribution in [1.29, 1.82) is 0 Å². The first-order valence-electron chi connectivity index (χ1n) is 4.66. The van der Waals surface area contributed by atoms with Crippen LogP contribution in [-0.2, 0) is 14.3 Å². The Hall–Kier alpha value is -0.910. The maximum atomic E-state index is 11.2. The minimum Gasteiger partial charge on any atom is -0.424 e. The van der Waals surface area contributed by atoms with E-state index in [1.165, 1.54) is 14.0 Å². The van der Waals surface area contributed by atoms with Crippen LogP contribution >= 0.6 is 0 Å². The Bertz CT molecular complexity index is 234. The van der Waals surface area contributed by atoms with Gasteiger partial charge in [-0.15, -0.1) is 0 Å². The van der Waals surface area contributed by atoms with Crippen LogP contribution in [0.15, 0.2) is 12.2 Å². The summed E-state index contributed by atoms with van der Waals surface area (Å²) >= 11 is 0. The number of carbonyl (C=O) groups is 1. The van der Waals surface area contributed by atoms with E-state index in [0.717, 1.165) is 0 Å². The summed E-state index contributed by atoms with van der Waals surface area (Å²) in [5.41, 5.74) is 0.146. The lowest BCUT2D eigenvalue weighted by molar-refractivity contribution is -0.264. The molecule has 0 rings (SSSR count). The minimum atomic E-state index is -2.01. The van der Waals surface area contributed by atoms with Crippen LogP contribution in [0.25, 0.3) is 0 Å². The zero-order chi connectivity index (χ0) is 12.1. The predicted molar refractivity (Wildman–Crippen MR) is 54.0 cm³/mol. The molecule has 0 aliphatic rings. The van der Waals surface area contributed by atoms with Crippen LogP contribution in [0.1, 0.15) is 20.3 Å². The van der Waals surface area contributed by atoms with Crippen LogP contribution < -0.4 is 0 Å². The number of aliphatic hydroxyl groups excluding tert-OH is 1. The first-order chi connectivity index (χ1) is 6.91. The predicted octanol–water partition coefficient (Wildman–Crippen LogP) is 0.212. The molecule has 15 heavy (non-hydrogen) atoms. The van der Waals surface area contributed by atoms with Gasteiger partial charge in [-0.2, -0.15) is 0 Å². The SMILES string of the molecule is C=C(C)C(=O)OC(O)(CO)C(CC)OC. The van der Waals surface area contributed by atoms with Crippen molar-refractivity contribution >= 4 is 5.97 Å². The van der Waals surface area contributed by atoms with E-state index in [1.54, 1.807) is 6.92 Å². The third-order valence-corrected chi connectivity index (χ3v) is 2.00. The lowest BCUT2D eigenvalue weighted by Crippen LogP contribution is -2.50. The zero-order valence-corrected chi connectivity index (χ0v) is 9.32. The van der Waals surface area contributed by atoms with E-state index in [4.69, 9.17) is 14.6 Å². The molecule has 0 radical (unpaired) electrons. The van der Waals surface area contributed by atoms with Gasteiger partial charge in [-0.25, -0.2) is 4.79 Å². The number of aliphatic hydroxyl groups is 2. The molecule has 0 saturated carbocycles. The van der Waals surface area contributed by atoms with Crippen LogP contribution in [-0.4, -0.2) is 41.8 Å². The van der Waals surface area contributed by atoms with Crippen LogP contribution in [0.2, 0.25) is 0 Å². The highest BCUT2D eigenvalue weighted by Crippen LogP contribution is 2.19. The molecule has 0 aliphatic heterocycles. The van der Waals surface area contributed by atoms with E-state index in [1.807, 2.05) is 0 Å². The van der Waals surface area contributed by atoms with Crippen LogP contribution in [0, 0.1) is 0 Å². The largest absolute Gasteiger partial charge is 0.424 e. The van der Waals surface area contributed by atoms with Gasteiger partial charge in [0.25, 0.3) is 5.79 Å². The summed E-state index contributed by atoms with van der Waals surface area (Å²) in [7, 11) is 1.36. The quantitative estimate of drug-likeness (QED) is 0.378. The van der Waals surface area contributed by atoms with Gasteiger partial charge < -0.3 is 19.7 Å². The molecule has 0 heterocycles. The van der Waals surface area contributed by atoms with Crippen molar-refractivity contribution in [3.8, 4) is 0 Å². The van der Waals surface area contributed by atoms with E-state index in [2.05, 4.69) is 6.58 Å². The van der Waals surface area contributed by atoms with Crippen molar-refractivity contribution in [3.63, 3.8) is 0 Å². The Morgan fingerprint density at radius 2 is 2.13 bits per heavy atom. The summed E-state index contributed by atoms with van der Waals surface area (Å²) in [5.74, 6) is -2.78. The van der Waals surface area contributed by atoms with Gasteiger partial charge in [0.05, 0.1) is 0 Å². The molecule has 5 nitrogen and oxygen atoms in total. The molecule has 0 amide bonds. The van der Waals surface area contributed by atoms with Gasteiger partial charge in [0.2, 0.25) is 0 Å². The van der Waals surface area contributed by atoms with E-state index < -0.39 is 24.5 Å². The summed E-state index contributed by atoms with van der Waals surface area (Å²) in [4.78, 5) is 11.2. The van der Waals surface area contributed by atoms with Crippen molar-refractivity contribution in [1.82, 2.24) is 0 Å². The second kappa shape index (κ2) is 5.85. The number of rotatable bonds is 6. The number of carbonyl (C=O) groups excluding carboxylic acids is 1. The van der Waals surface area contributed by atoms with Gasteiger partial charge >= 0.3 is 5.97 Å². The molecule has 2 N–H and O–H groups in total. The highest BCUT2D eigenvalue weighted by molar-refractivity contribution is 5.87. The van der Waals surface area contributed by atoms with Crippen molar-refractivity contribution in [2.24, 2.45) is 0 Å². The van der Waals surface area contributed by atoms with E-state index in [9.17, 15) is 9.90 Å². The average molecular weight is 218 g/mol. The van der Waals surface area contributed by atoms with E-state index >= 15 is 0 Å². The number of esters is 1. The van der Waals surface area contributed by atoms with E-state index in [-0.39, 0.29) is 5.57 Å². The molecule has 0 aromatic carbocycles. The summed E-state index contributed by atoms with van der Waals surface area (Å²) < 4.78 is 9.65. The zero-order valence-electron chi connectivity index (χ0n) is 9.32. The molecule has 0 bridgehead atoms. The number of methoxy groups -OCH3 is 1. The Labute approximate surface area is 89.3 Å². The maximum Gasteiger partial charge on any atom is 0.335 e. The van der Waals surface area contributed by atoms with Crippen LogP contribution in [0.4, 0.5) is 0 Å². The molecule has 0 aromatic rings. The van der Waals surface area contributed by atoms with E-state index in [0.29, 0.717) is 6.42 Å². The molecule has 88 valence electrons. The fourth-order valence-corrected chi connectivity index (χ4v) is 1.12. The van der Waals surface area contributed by atoms with Crippen molar-refractivity contribution in [2.45, 2.75) is 32.2 Å². The second-order valence-electron chi connectivity index (χ2n) is 3.31. The molecule has 5 heteroatoms. The highest BCUT2D eigenvalue weighted by Gasteiger charge is 2.39. The summed E-state index contributed by atoms with van der Waals surface area (Å²) in [6.45, 7) is 5.84. The molecule has 2 atom stereocenters. The van der Waals surface area contributed by atoms with Crippen molar-refractivity contribution in [2.75, 3.05) is 13.7 Å². The van der Waals surface area contributed by atoms with Crippen LogP contribution in [0.5, 0.6) is 0 Å². The topological polar surface area (TPSA) is 76.0 Å². The third-order valence-electron chi connectivity index (χ3n) is 2.00. The van der Waals surface area contributed by atoms with Gasteiger partial charge in [0, 0.05) is 12.7 Å². The Kier molecular flexibility index (Phi) is 5.49. The molecule has 0 aromatic heterocycles. The fourth-order valence-electron chi connectivity index (χ4n) is 1.12. The Balaban J connectivity index is 4.69. The minimum absolute atomic E-state index is 0.146. The molecule has 2 unspecified atom stereocenters. The van der Waals surface area contributed by atoms with Gasteiger partial charge in [0.15, 0.2) is 0 Å². The summed E-state index contributed by atoms with van der Waals surface area (Å²) in [5, 5.41) is 18.9. The number of hydrogen-bond acceptors (Lipinski definition) is 5. The van der Waals surface area contributed by atoms with Crippen LogP contribution in [0.3, 0.4) is 0 Å². The Morgan fingerprint density at radius 1 is 1.60 bits per heavy atom. The summed E-state index contributed by atoms with van der Waals surface area (Å²) in [6, 6.07) is 0. The second-order valence-corrected chi connectivity index (χ2v) is 3.31. The lowest BCUT2D eigenvalue weighted by Gasteiger charge is -2.32. The Morgan fingerprint density at radius 3 is 2.40 bits per heavy atom. The molecular weight excluding hydrogens is 200 g/mol. The molecular formula is C10H18O5. The van der Waals surface area contributed by atoms with Crippen molar-refractivity contribution in [3.05, 3.63) is 12.2 Å². The van der Waals surface area contributed by atoms with Gasteiger partial charge in [-0.3, -0.25) is 0 Å². The molecule has 0 aliphatic carbocycles. The average Bonchev–Trinajstić information content (AvgIpc) is 2.19. The van der Waals surface area contributed by atoms with Crippen molar-refractivity contribution < 1.29 is 24.5 Å². The maximum absolute atomic E-state index is 11.2. The smallest absolute Gasteiger partial charge is 0.335 e. The van der Waals surface area contributed by atoms with Gasteiger partial charge in [-0.1, -0.05) is 13.5 Å². The first kappa shape index (κ1) is 14.1. The van der Waals surface area contributed by atoms with Gasteiger partial charge in [-0.05, 0) is 13.3 Å². The standard InChI is InChI=1S/C10H18O5/c1-5-8(14-4)10(13,6-11)15-9(12)7(2)3/h8,11,13H,2,5-6H2,1,3-4H3. The monoisotopic (exact) mass is 218 g/mol. The van der Waals surface area contributed by atoms with Gasteiger partial charge in [0.1, 0.15) is 12.7 Å². The summed E-state index contributed by atoms with van der Waals surface area (Å²) in [6.07, 6.45) is -0.373. The molecule has 0 fully saturated rings.